The van der Waals surface area contributed by atoms with Gasteiger partial charge in [0.15, 0.2) is 0 Å². The topological polar surface area (TPSA) is 63.6 Å². The van der Waals surface area contributed by atoms with Gasteiger partial charge in [-0.05, 0) is 51.0 Å². The lowest BCUT2D eigenvalue weighted by Gasteiger charge is -2.14. The summed E-state index contributed by atoms with van der Waals surface area (Å²) in [6, 6.07) is 0. The normalized spacial score (nSPS) is 12.4. The second kappa shape index (κ2) is 31.9. The molecule has 0 saturated carbocycles. The van der Waals surface area contributed by atoms with E-state index >= 15 is 0 Å². The predicted molar refractivity (Wildman–Crippen MR) is 172 cm³/mol. The first kappa shape index (κ1) is 38.4. The predicted octanol–water partition coefficient (Wildman–Crippen LogP) is 11.7. The molecule has 0 amide bonds. The molecule has 4 heteroatoms. The Hall–Kier alpha value is -1.58. The molecule has 4 nitrogen and oxygen atoms in total. The minimum atomic E-state index is -0.725. The van der Waals surface area contributed by atoms with Gasteiger partial charge in [0.25, 0.3) is 0 Å². The van der Waals surface area contributed by atoms with Crippen molar-refractivity contribution in [1.29, 1.82) is 0 Å². The fraction of sp³-hybridized carbons (Fsp3) is 0.833. The van der Waals surface area contributed by atoms with Crippen LogP contribution in [0, 0.1) is 0 Å². The first-order valence-corrected chi connectivity index (χ1v) is 17.3. The summed E-state index contributed by atoms with van der Waals surface area (Å²) in [5.74, 6) is -0.803. The summed E-state index contributed by atoms with van der Waals surface area (Å²) in [4.78, 5) is 23.2. The molecule has 0 bridgehead atoms. The Morgan fingerprint density at radius 3 is 1.60 bits per heavy atom. The number of allylic oxidation sites excluding steroid dienone is 3. The summed E-state index contributed by atoms with van der Waals surface area (Å²) in [5.41, 5.74) is 0. The Bertz CT molecular complexity index is 610. The number of rotatable bonds is 31. The lowest BCUT2D eigenvalue weighted by atomic mass is 10.0. The number of ether oxygens (including phenoxy) is 1. The Morgan fingerprint density at radius 1 is 0.575 bits per heavy atom. The second-order valence-electron chi connectivity index (χ2n) is 11.7. The molecule has 0 aromatic rings. The third-order valence-corrected chi connectivity index (χ3v) is 7.66. The molecule has 1 unspecified atom stereocenters. The van der Waals surface area contributed by atoms with Gasteiger partial charge in [-0.2, -0.15) is 0 Å². The molecule has 0 aliphatic carbocycles. The van der Waals surface area contributed by atoms with E-state index in [1.54, 1.807) is 0 Å². The van der Waals surface area contributed by atoms with E-state index in [1.165, 1.54) is 103 Å². The maximum Gasteiger partial charge on any atom is 0.306 e. The number of unbranched alkanes of at least 4 members (excludes halogenated alkanes) is 20. The van der Waals surface area contributed by atoms with Crippen LogP contribution in [0.2, 0.25) is 0 Å². The van der Waals surface area contributed by atoms with Crippen molar-refractivity contribution in [3.63, 3.8) is 0 Å². The molecule has 1 N–H and O–H groups in total. The molecule has 0 aromatic heterocycles. The molecule has 0 aromatic carbocycles. The molecule has 0 rings (SSSR count). The number of esters is 1. The van der Waals surface area contributed by atoms with Gasteiger partial charge in [0.05, 0.1) is 0 Å². The summed E-state index contributed by atoms with van der Waals surface area (Å²) >= 11 is 0. The van der Waals surface area contributed by atoms with Crippen LogP contribution in [-0.4, -0.2) is 23.1 Å². The highest BCUT2D eigenvalue weighted by Crippen LogP contribution is 2.15. The number of carbonyl (C=O) groups excluding carboxylic acids is 1. The van der Waals surface area contributed by atoms with Crippen LogP contribution in [0.15, 0.2) is 24.3 Å². The minimum Gasteiger partial charge on any atom is -0.481 e. The highest BCUT2D eigenvalue weighted by molar-refractivity contribution is 5.69. The van der Waals surface area contributed by atoms with E-state index in [4.69, 9.17) is 9.84 Å². The van der Waals surface area contributed by atoms with Crippen LogP contribution in [0.25, 0.3) is 0 Å². The standard InChI is InChI=1S/C36H66O4/c1-3-5-7-9-11-13-14-15-16-17-19-21-23-29-33-36(39)40-34(31-27-24-25-28-32-35(37)38)30-26-22-20-18-12-10-8-6-4-2/h18,20,26,30,34H,3-17,19,21-25,27-29,31-33H2,1-2H3,(H,37,38)/b20-18-,30-26-. The molecule has 234 valence electrons. The molecule has 0 heterocycles. The Labute approximate surface area is 248 Å². The third kappa shape index (κ3) is 31.0. The third-order valence-electron chi connectivity index (χ3n) is 7.66. The first-order valence-electron chi connectivity index (χ1n) is 17.3. The molecule has 0 fully saturated rings. The second-order valence-corrected chi connectivity index (χ2v) is 11.7. The molecule has 40 heavy (non-hydrogen) atoms. The van der Waals surface area contributed by atoms with Crippen molar-refractivity contribution >= 4 is 11.9 Å². The van der Waals surface area contributed by atoms with Gasteiger partial charge in [0.1, 0.15) is 6.10 Å². The van der Waals surface area contributed by atoms with E-state index in [9.17, 15) is 9.59 Å². The first-order chi connectivity index (χ1) is 19.6. The smallest absolute Gasteiger partial charge is 0.306 e. The van der Waals surface area contributed by atoms with Crippen LogP contribution in [-0.2, 0) is 14.3 Å². The lowest BCUT2D eigenvalue weighted by molar-refractivity contribution is -0.147. The molecular formula is C36H66O4. The maximum atomic E-state index is 12.5. The number of carbonyl (C=O) groups is 2. The Morgan fingerprint density at radius 2 is 1.05 bits per heavy atom. The SMILES string of the molecule is CCCCCC/C=C\C/C=C\C(CCCCCCC(=O)O)OC(=O)CCCCCCCCCCCCCCCC. The molecule has 0 aliphatic rings. The van der Waals surface area contributed by atoms with Crippen molar-refractivity contribution in [1.82, 2.24) is 0 Å². The van der Waals surface area contributed by atoms with Crippen LogP contribution >= 0.6 is 0 Å². The van der Waals surface area contributed by atoms with E-state index < -0.39 is 5.97 Å². The van der Waals surface area contributed by atoms with E-state index in [1.807, 2.05) is 0 Å². The molecule has 0 aliphatic heterocycles. The molecule has 0 saturated heterocycles. The number of aliphatic carboxylic acids is 1. The minimum absolute atomic E-state index is 0.0778. The Kier molecular flexibility index (Phi) is 30.7. The zero-order valence-corrected chi connectivity index (χ0v) is 26.7. The average Bonchev–Trinajstić information content (AvgIpc) is 2.93. The summed E-state index contributed by atoms with van der Waals surface area (Å²) in [7, 11) is 0. The van der Waals surface area contributed by atoms with Crippen molar-refractivity contribution in [3.05, 3.63) is 24.3 Å². The number of hydrogen-bond acceptors (Lipinski definition) is 3. The van der Waals surface area contributed by atoms with Gasteiger partial charge in [-0.1, -0.05) is 148 Å². The fourth-order valence-electron chi connectivity index (χ4n) is 5.07. The summed E-state index contributed by atoms with van der Waals surface area (Å²) in [6.07, 6.45) is 39.1. The van der Waals surface area contributed by atoms with Crippen molar-refractivity contribution < 1.29 is 19.4 Å². The van der Waals surface area contributed by atoms with Gasteiger partial charge in [-0.15, -0.1) is 0 Å². The molecule has 0 radical (unpaired) electrons. The van der Waals surface area contributed by atoms with E-state index in [0.717, 1.165) is 57.8 Å². The number of carboxylic acid groups (broad SMARTS) is 1. The lowest BCUT2D eigenvalue weighted by Crippen LogP contribution is -2.16. The van der Waals surface area contributed by atoms with E-state index in [-0.39, 0.29) is 18.5 Å². The van der Waals surface area contributed by atoms with Crippen LogP contribution in [0.4, 0.5) is 0 Å². The van der Waals surface area contributed by atoms with Crippen LogP contribution in [0.5, 0.6) is 0 Å². The number of hydrogen-bond donors (Lipinski definition) is 1. The fourth-order valence-corrected chi connectivity index (χ4v) is 5.07. The van der Waals surface area contributed by atoms with Gasteiger partial charge >= 0.3 is 11.9 Å². The van der Waals surface area contributed by atoms with Crippen molar-refractivity contribution in [2.45, 2.75) is 193 Å². The molecule has 1 atom stereocenters. The average molecular weight is 563 g/mol. The highest BCUT2D eigenvalue weighted by Gasteiger charge is 2.11. The van der Waals surface area contributed by atoms with Crippen LogP contribution < -0.4 is 0 Å². The van der Waals surface area contributed by atoms with E-state index in [2.05, 4.69) is 38.2 Å². The van der Waals surface area contributed by atoms with Gasteiger partial charge < -0.3 is 9.84 Å². The van der Waals surface area contributed by atoms with Crippen molar-refractivity contribution in [3.8, 4) is 0 Å². The monoisotopic (exact) mass is 562 g/mol. The summed E-state index contributed by atoms with van der Waals surface area (Å²) < 4.78 is 5.84. The zero-order chi connectivity index (χ0) is 29.4. The zero-order valence-electron chi connectivity index (χ0n) is 26.7. The van der Waals surface area contributed by atoms with Gasteiger partial charge in [-0.3, -0.25) is 9.59 Å². The van der Waals surface area contributed by atoms with Crippen LogP contribution in [0.1, 0.15) is 187 Å². The highest BCUT2D eigenvalue weighted by atomic mass is 16.5. The quantitative estimate of drug-likeness (QED) is 0.0518. The van der Waals surface area contributed by atoms with Crippen LogP contribution in [0.3, 0.4) is 0 Å². The summed E-state index contributed by atoms with van der Waals surface area (Å²) in [6.45, 7) is 4.51. The number of carboxylic acids is 1. The summed E-state index contributed by atoms with van der Waals surface area (Å²) in [5, 5.41) is 8.80. The largest absolute Gasteiger partial charge is 0.481 e. The Balaban J connectivity index is 4.06. The molecule has 0 spiro atoms. The maximum absolute atomic E-state index is 12.5. The van der Waals surface area contributed by atoms with Gasteiger partial charge in [0.2, 0.25) is 0 Å². The van der Waals surface area contributed by atoms with Crippen molar-refractivity contribution in [2.75, 3.05) is 0 Å². The van der Waals surface area contributed by atoms with Gasteiger partial charge in [-0.25, -0.2) is 0 Å². The van der Waals surface area contributed by atoms with E-state index in [0.29, 0.717) is 6.42 Å². The van der Waals surface area contributed by atoms with Gasteiger partial charge in [0, 0.05) is 12.8 Å². The molecular weight excluding hydrogens is 496 g/mol. The van der Waals surface area contributed by atoms with Crippen molar-refractivity contribution in [2.24, 2.45) is 0 Å².